The van der Waals surface area contributed by atoms with E-state index in [1.165, 1.54) is 10.8 Å². The summed E-state index contributed by atoms with van der Waals surface area (Å²) < 4.78 is 1.18. The van der Waals surface area contributed by atoms with Gasteiger partial charge in [0, 0.05) is 23.4 Å². The Morgan fingerprint density at radius 2 is 2.54 bits per heavy atom. The van der Waals surface area contributed by atoms with Gasteiger partial charge in [-0.15, -0.1) is 11.3 Å². The Morgan fingerprint density at radius 3 is 3.15 bits per heavy atom. The molecule has 0 aliphatic heterocycles. The summed E-state index contributed by atoms with van der Waals surface area (Å²) in [4.78, 5) is 4.22. The Morgan fingerprint density at radius 1 is 1.69 bits per heavy atom. The molecule has 13 heavy (non-hydrogen) atoms. The molecule has 1 rings (SSSR count). The Labute approximate surface area is 88.2 Å². The summed E-state index contributed by atoms with van der Waals surface area (Å²) in [6, 6.07) is 0.623. The van der Waals surface area contributed by atoms with Crippen LogP contribution >= 0.6 is 23.1 Å². The van der Waals surface area contributed by atoms with Gasteiger partial charge in [-0.05, 0) is 19.9 Å². The van der Waals surface area contributed by atoms with E-state index in [1.807, 2.05) is 23.3 Å². The Hall–Kier alpha value is -0.0600. The highest BCUT2D eigenvalue weighted by atomic mass is 32.2. The zero-order valence-corrected chi connectivity index (χ0v) is 9.75. The van der Waals surface area contributed by atoms with Gasteiger partial charge < -0.3 is 5.32 Å². The van der Waals surface area contributed by atoms with Crippen molar-refractivity contribution in [2.24, 2.45) is 0 Å². The summed E-state index contributed by atoms with van der Waals surface area (Å²) in [6.45, 7) is 5.43. The third-order valence-corrected chi connectivity index (χ3v) is 3.74. The van der Waals surface area contributed by atoms with Crippen LogP contribution in [0, 0.1) is 0 Å². The lowest BCUT2D eigenvalue weighted by molar-refractivity contribution is 0.556. The van der Waals surface area contributed by atoms with Crippen LogP contribution in [-0.4, -0.2) is 23.3 Å². The van der Waals surface area contributed by atoms with Gasteiger partial charge >= 0.3 is 0 Å². The highest BCUT2D eigenvalue weighted by Gasteiger charge is 2.01. The first kappa shape index (κ1) is 11.0. The van der Waals surface area contributed by atoms with Crippen molar-refractivity contribution in [1.29, 1.82) is 0 Å². The number of nitrogens with zero attached hydrogens (tertiary/aromatic N) is 1. The number of thiazole rings is 1. The van der Waals surface area contributed by atoms with Crippen molar-refractivity contribution in [1.82, 2.24) is 10.3 Å². The van der Waals surface area contributed by atoms with Crippen LogP contribution in [0.3, 0.4) is 0 Å². The number of hydrogen-bond acceptors (Lipinski definition) is 4. The van der Waals surface area contributed by atoms with Gasteiger partial charge in [-0.25, -0.2) is 4.98 Å². The van der Waals surface area contributed by atoms with Crippen molar-refractivity contribution < 1.29 is 0 Å². The molecule has 1 heterocycles. The summed E-state index contributed by atoms with van der Waals surface area (Å²) in [7, 11) is 0. The number of hydrogen-bond donors (Lipinski definition) is 1. The molecule has 0 radical (unpaired) electrons. The van der Waals surface area contributed by atoms with E-state index in [1.54, 1.807) is 11.3 Å². The van der Waals surface area contributed by atoms with Gasteiger partial charge in [-0.1, -0.05) is 18.7 Å². The molecular formula is C9H16N2S2. The van der Waals surface area contributed by atoms with Crippen LogP contribution in [0.2, 0.25) is 0 Å². The minimum absolute atomic E-state index is 0.623. The van der Waals surface area contributed by atoms with Crippen molar-refractivity contribution in [3.8, 4) is 0 Å². The summed E-state index contributed by atoms with van der Waals surface area (Å²) in [5.41, 5.74) is 0. The normalized spacial score (nSPS) is 13.1. The number of nitrogens with one attached hydrogen (secondary N) is 1. The third kappa shape index (κ3) is 4.64. The van der Waals surface area contributed by atoms with Crippen LogP contribution in [0.1, 0.15) is 20.3 Å². The van der Waals surface area contributed by atoms with E-state index >= 15 is 0 Å². The quantitative estimate of drug-likeness (QED) is 0.740. The van der Waals surface area contributed by atoms with E-state index in [0.29, 0.717) is 6.04 Å². The Kier molecular flexibility index (Phi) is 5.43. The number of thioether (sulfide) groups is 1. The topological polar surface area (TPSA) is 24.9 Å². The molecule has 0 amide bonds. The minimum atomic E-state index is 0.623. The standard InChI is InChI=1S/C9H16N2S2/c1-3-10-8(2)4-6-12-9-11-5-7-13-9/h5,7-8,10H,3-4,6H2,1-2H3. The van der Waals surface area contributed by atoms with Crippen molar-refractivity contribution in [2.45, 2.75) is 30.6 Å². The van der Waals surface area contributed by atoms with Crippen LogP contribution in [-0.2, 0) is 0 Å². The fraction of sp³-hybridized carbons (Fsp3) is 0.667. The molecule has 1 unspecified atom stereocenters. The van der Waals surface area contributed by atoms with Gasteiger partial charge in [-0.3, -0.25) is 0 Å². The smallest absolute Gasteiger partial charge is 0.149 e. The van der Waals surface area contributed by atoms with Crippen LogP contribution < -0.4 is 5.32 Å². The molecule has 1 atom stereocenters. The second-order valence-electron chi connectivity index (χ2n) is 2.89. The minimum Gasteiger partial charge on any atom is -0.315 e. The Balaban J connectivity index is 2.07. The van der Waals surface area contributed by atoms with Crippen molar-refractivity contribution >= 4 is 23.1 Å². The molecule has 74 valence electrons. The zero-order chi connectivity index (χ0) is 9.52. The lowest BCUT2D eigenvalue weighted by Gasteiger charge is -2.10. The molecular weight excluding hydrogens is 200 g/mol. The van der Waals surface area contributed by atoms with E-state index in [4.69, 9.17) is 0 Å². The monoisotopic (exact) mass is 216 g/mol. The first-order chi connectivity index (χ1) is 6.33. The van der Waals surface area contributed by atoms with Crippen molar-refractivity contribution in [3.05, 3.63) is 11.6 Å². The van der Waals surface area contributed by atoms with Crippen LogP contribution in [0.5, 0.6) is 0 Å². The summed E-state index contributed by atoms with van der Waals surface area (Å²) >= 11 is 3.57. The van der Waals surface area contributed by atoms with Gasteiger partial charge in [0.1, 0.15) is 4.34 Å². The molecule has 4 heteroatoms. The molecule has 0 spiro atoms. The maximum absolute atomic E-state index is 4.22. The van der Waals surface area contributed by atoms with Gasteiger partial charge in [0.15, 0.2) is 0 Å². The van der Waals surface area contributed by atoms with Gasteiger partial charge in [0.2, 0.25) is 0 Å². The summed E-state index contributed by atoms with van der Waals surface area (Å²) in [5.74, 6) is 1.15. The fourth-order valence-electron chi connectivity index (χ4n) is 1.06. The predicted octanol–water partition coefficient (Wildman–Crippen LogP) is 2.62. The van der Waals surface area contributed by atoms with E-state index < -0.39 is 0 Å². The molecule has 1 aromatic rings. The Bertz CT molecular complexity index is 211. The fourth-order valence-corrected chi connectivity index (χ4v) is 2.89. The van der Waals surface area contributed by atoms with E-state index in [2.05, 4.69) is 24.1 Å². The van der Waals surface area contributed by atoms with E-state index in [-0.39, 0.29) is 0 Å². The number of aromatic nitrogens is 1. The maximum atomic E-state index is 4.22. The van der Waals surface area contributed by atoms with Gasteiger partial charge in [0.25, 0.3) is 0 Å². The highest BCUT2D eigenvalue weighted by Crippen LogP contribution is 2.20. The summed E-state index contributed by atoms with van der Waals surface area (Å²) in [5, 5.41) is 5.42. The maximum Gasteiger partial charge on any atom is 0.149 e. The second-order valence-corrected chi connectivity index (χ2v) is 5.13. The molecule has 1 N–H and O–H groups in total. The molecule has 0 fully saturated rings. The van der Waals surface area contributed by atoms with Crippen LogP contribution in [0.25, 0.3) is 0 Å². The predicted molar refractivity (Wildman–Crippen MR) is 60.6 cm³/mol. The molecule has 2 nitrogen and oxygen atoms in total. The molecule has 0 aliphatic rings. The molecule has 0 saturated heterocycles. The van der Waals surface area contributed by atoms with E-state index in [0.717, 1.165) is 12.3 Å². The van der Waals surface area contributed by atoms with E-state index in [9.17, 15) is 0 Å². The van der Waals surface area contributed by atoms with Crippen LogP contribution in [0.4, 0.5) is 0 Å². The largest absolute Gasteiger partial charge is 0.315 e. The highest BCUT2D eigenvalue weighted by molar-refractivity contribution is 8.00. The molecule has 1 aromatic heterocycles. The molecule has 0 saturated carbocycles. The number of rotatable bonds is 6. The SMILES string of the molecule is CCNC(C)CCSc1nccs1. The average Bonchev–Trinajstić information content (AvgIpc) is 2.57. The average molecular weight is 216 g/mol. The summed E-state index contributed by atoms with van der Waals surface area (Å²) in [6.07, 6.45) is 3.07. The lowest BCUT2D eigenvalue weighted by Crippen LogP contribution is -2.25. The van der Waals surface area contributed by atoms with Crippen molar-refractivity contribution in [3.63, 3.8) is 0 Å². The first-order valence-corrected chi connectivity index (χ1v) is 6.45. The zero-order valence-electron chi connectivity index (χ0n) is 8.12. The molecule has 0 aromatic carbocycles. The lowest BCUT2D eigenvalue weighted by atomic mass is 10.3. The molecule has 0 aliphatic carbocycles. The first-order valence-electron chi connectivity index (χ1n) is 4.58. The van der Waals surface area contributed by atoms with Gasteiger partial charge in [0.05, 0.1) is 0 Å². The third-order valence-electron chi connectivity index (χ3n) is 1.74. The van der Waals surface area contributed by atoms with Crippen molar-refractivity contribution in [2.75, 3.05) is 12.3 Å². The van der Waals surface area contributed by atoms with Crippen LogP contribution in [0.15, 0.2) is 15.9 Å². The molecule has 0 bridgehead atoms. The second kappa shape index (κ2) is 6.40. The van der Waals surface area contributed by atoms with Gasteiger partial charge in [-0.2, -0.15) is 0 Å².